The van der Waals surface area contributed by atoms with Gasteiger partial charge < -0.3 is 5.73 Å². The molecule has 1 nitrogen and oxygen atoms in total. The van der Waals surface area contributed by atoms with E-state index in [0.717, 1.165) is 4.88 Å². The maximum atomic E-state index is 12.9. The van der Waals surface area contributed by atoms with E-state index in [1.54, 1.807) is 12.1 Å². The second-order valence-electron chi connectivity index (χ2n) is 3.28. The zero-order valence-corrected chi connectivity index (χ0v) is 10.4. The molecule has 0 spiro atoms. The summed E-state index contributed by atoms with van der Waals surface area (Å²) in [5, 5.41) is 2.78. The average molecular weight is 276 g/mol. The molecule has 0 fully saturated rings. The van der Waals surface area contributed by atoms with Gasteiger partial charge in [-0.3, -0.25) is 0 Å². The third kappa shape index (κ3) is 2.23. The van der Waals surface area contributed by atoms with E-state index in [2.05, 4.69) is 0 Å². The molecular formula is C11H8Cl2FNS. The minimum absolute atomic E-state index is 0.317. The summed E-state index contributed by atoms with van der Waals surface area (Å²) in [5.41, 5.74) is 6.71. The van der Waals surface area contributed by atoms with E-state index in [4.69, 9.17) is 28.9 Å². The van der Waals surface area contributed by atoms with Crippen LogP contribution in [0.2, 0.25) is 10.0 Å². The highest BCUT2D eigenvalue weighted by Gasteiger charge is 2.16. The average Bonchev–Trinajstić information content (AvgIpc) is 2.63. The molecule has 0 radical (unpaired) electrons. The Labute approximate surface area is 107 Å². The van der Waals surface area contributed by atoms with Gasteiger partial charge in [-0.2, -0.15) is 0 Å². The normalized spacial score (nSPS) is 12.8. The van der Waals surface area contributed by atoms with Gasteiger partial charge in [-0.05, 0) is 29.1 Å². The smallest absolute Gasteiger partial charge is 0.124 e. The highest BCUT2D eigenvalue weighted by Crippen LogP contribution is 2.34. The topological polar surface area (TPSA) is 26.0 Å². The van der Waals surface area contributed by atoms with Gasteiger partial charge in [0.1, 0.15) is 5.82 Å². The van der Waals surface area contributed by atoms with Crippen LogP contribution in [0.5, 0.6) is 0 Å². The lowest BCUT2D eigenvalue weighted by Crippen LogP contribution is -2.11. The minimum Gasteiger partial charge on any atom is -0.320 e. The fourth-order valence-corrected chi connectivity index (χ4v) is 2.90. The number of rotatable bonds is 2. The molecule has 0 aliphatic rings. The zero-order valence-electron chi connectivity index (χ0n) is 8.08. The summed E-state index contributed by atoms with van der Waals surface area (Å²) in [6.07, 6.45) is 0. The Hall–Kier alpha value is -0.610. The van der Waals surface area contributed by atoms with Crippen molar-refractivity contribution in [2.24, 2.45) is 5.73 Å². The first kappa shape index (κ1) is 11.9. The molecule has 0 saturated carbocycles. The second kappa shape index (κ2) is 4.72. The highest BCUT2D eigenvalue weighted by atomic mass is 35.5. The van der Waals surface area contributed by atoms with Crippen molar-refractivity contribution in [3.63, 3.8) is 0 Å². The SMILES string of the molecule is NC(c1ccc(F)cc1Cl)c1sccc1Cl. The van der Waals surface area contributed by atoms with Gasteiger partial charge in [-0.25, -0.2) is 4.39 Å². The van der Waals surface area contributed by atoms with Gasteiger partial charge >= 0.3 is 0 Å². The number of benzene rings is 1. The molecule has 84 valence electrons. The third-order valence-electron chi connectivity index (χ3n) is 2.22. The molecule has 1 aromatic heterocycles. The van der Waals surface area contributed by atoms with Gasteiger partial charge in [-0.1, -0.05) is 29.3 Å². The zero-order chi connectivity index (χ0) is 11.7. The Bertz CT molecular complexity index is 512. The molecule has 0 amide bonds. The predicted molar refractivity (Wildman–Crippen MR) is 66.8 cm³/mol. The molecule has 5 heteroatoms. The van der Waals surface area contributed by atoms with Crippen molar-refractivity contribution in [3.8, 4) is 0 Å². The fraction of sp³-hybridized carbons (Fsp3) is 0.0909. The van der Waals surface area contributed by atoms with E-state index in [1.807, 2.05) is 5.38 Å². The molecule has 2 N–H and O–H groups in total. The summed E-state index contributed by atoms with van der Waals surface area (Å²) < 4.78 is 12.9. The second-order valence-corrected chi connectivity index (χ2v) is 5.04. The number of nitrogens with two attached hydrogens (primary N) is 1. The van der Waals surface area contributed by atoms with Crippen LogP contribution in [0.4, 0.5) is 4.39 Å². The van der Waals surface area contributed by atoms with E-state index >= 15 is 0 Å². The van der Waals surface area contributed by atoms with E-state index in [1.165, 1.54) is 23.5 Å². The fourth-order valence-electron chi connectivity index (χ4n) is 1.42. The maximum Gasteiger partial charge on any atom is 0.124 e. The quantitative estimate of drug-likeness (QED) is 0.872. The Morgan fingerprint density at radius 3 is 2.50 bits per heavy atom. The van der Waals surface area contributed by atoms with Crippen molar-refractivity contribution in [1.82, 2.24) is 0 Å². The van der Waals surface area contributed by atoms with Crippen molar-refractivity contribution in [2.45, 2.75) is 6.04 Å². The molecule has 2 aromatic rings. The van der Waals surface area contributed by atoms with E-state index in [-0.39, 0.29) is 5.82 Å². The first-order chi connectivity index (χ1) is 7.59. The first-order valence-electron chi connectivity index (χ1n) is 4.53. The van der Waals surface area contributed by atoms with Crippen LogP contribution in [-0.4, -0.2) is 0 Å². The lowest BCUT2D eigenvalue weighted by Gasteiger charge is -2.12. The van der Waals surface area contributed by atoms with Crippen LogP contribution in [0.3, 0.4) is 0 Å². The van der Waals surface area contributed by atoms with Gasteiger partial charge in [0.2, 0.25) is 0 Å². The van der Waals surface area contributed by atoms with Gasteiger partial charge in [0.15, 0.2) is 0 Å². The number of thiophene rings is 1. The standard InChI is InChI=1S/C11H8Cl2FNS/c12-8-3-4-16-11(8)10(15)7-2-1-6(14)5-9(7)13/h1-5,10H,15H2. The van der Waals surface area contributed by atoms with Crippen molar-refractivity contribution in [2.75, 3.05) is 0 Å². The third-order valence-corrected chi connectivity index (χ3v) is 3.99. The summed E-state index contributed by atoms with van der Waals surface area (Å²) in [6.45, 7) is 0. The van der Waals surface area contributed by atoms with Crippen molar-refractivity contribution in [1.29, 1.82) is 0 Å². The molecule has 16 heavy (non-hydrogen) atoms. The molecule has 1 atom stereocenters. The predicted octanol–water partition coefficient (Wildman–Crippen LogP) is 4.24. The lowest BCUT2D eigenvalue weighted by molar-refractivity contribution is 0.626. The van der Waals surface area contributed by atoms with Crippen LogP contribution in [0.1, 0.15) is 16.5 Å². The Morgan fingerprint density at radius 2 is 1.94 bits per heavy atom. The van der Waals surface area contributed by atoms with Crippen LogP contribution in [0.25, 0.3) is 0 Å². The van der Waals surface area contributed by atoms with Crippen molar-refractivity contribution in [3.05, 3.63) is 55.9 Å². The van der Waals surface area contributed by atoms with Crippen LogP contribution >= 0.6 is 34.5 Å². The van der Waals surface area contributed by atoms with Crippen LogP contribution in [0.15, 0.2) is 29.6 Å². The number of halogens is 3. The summed E-state index contributed by atoms with van der Waals surface area (Å²) in [6, 6.07) is 5.53. The van der Waals surface area contributed by atoms with Crippen LogP contribution in [0, 0.1) is 5.82 Å². The van der Waals surface area contributed by atoms with Crippen molar-refractivity contribution >= 4 is 34.5 Å². The molecule has 1 aromatic carbocycles. The van der Waals surface area contributed by atoms with Gasteiger partial charge in [-0.15, -0.1) is 11.3 Å². The van der Waals surface area contributed by atoms with Gasteiger partial charge in [0.05, 0.1) is 11.1 Å². The maximum absolute atomic E-state index is 12.9. The molecular weight excluding hydrogens is 268 g/mol. The Kier molecular flexibility index (Phi) is 3.50. The number of hydrogen-bond acceptors (Lipinski definition) is 2. The van der Waals surface area contributed by atoms with Gasteiger partial charge in [0.25, 0.3) is 0 Å². The van der Waals surface area contributed by atoms with Gasteiger partial charge in [0, 0.05) is 9.90 Å². The molecule has 0 aliphatic carbocycles. The molecule has 1 heterocycles. The first-order valence-corrected chi connectivity index (χ1v) is 6.16. The summed E-state index contributed by atoms with van der Waals surface area (Å²) >= 11 is 13.4. The molecule has 1 unspecified atom stereocenters. The summed E-state index contributed by atoms with van der Waals surface area (Å²) in [4.78, 5) is 0.829. The Balaban J connectivity index is 2.41. The molecule has 0 aliphatic heterocycles. The van der Waals surface area contributed by atoms with Crippen molar-refractivity contribution < 1.29 is 4.39 Å². The molecule has 2 rings (SSSR count). The highest BCUT2D eigenvalue weighted by molar-refractivity contribution is 7.10. The Morgan fingerprint density at radius 1 is 1.19 bits per heavy atom. The van der Waals surface area contributed by atoms with E-state index in [0.29, 0.717) is 15.6 Å². The van der Waals surface area contributed by atoms with E-state index < -0.39 is 6.04 Å². The largest absolute Gasteiger partial charge is 0.320 e. The summed E-state index contributed by atoms with van der Waals surface area (Å²) in [5.74, 6) is -0.377. The molecule has 0 saturated heterocycles. The minimum atomic E-state index is -0.416. The van der Waals surface area contributed by atoms with E-state index in [9.17, 15) is 4.39 Å². The van der Waals surface area contributed by atoms with Crippen LogP contribution in [-0.2, 0) is 0 Å². The summed E-state index contributed by atoms with van der Waals surface area (Å²) in [7, 11) is 0. The lowest BCUT2D eigenvalue weighted by atomic mass is 10.1. The monoisotopic (exact) mass is 275 g/mol. The number of hydrogen-bond donors (Lipinski definition) is 1. The van der Waals surface area contributed by atoms with Crippen LogP contribution < -0.4 is 5.73 Å². The molecule has 0 bridgehead atoms.